The molecule has 0 bridgehead atoms. The minimum atomic E-state index is -0.285. The van der Waals surface area contributed by atoms with Gasteiger partial charge >= 0.3 is 0 Å². The van der Waals surface area contributed by atoms with Gasteiger partial charge in [0.25, 0.3) is 0 Å². The molecule has 1 aliphatic heterocycles. The van der Waals surface area contributed by atoms with Crippen molar-refractivity contribution in [2.24, 2.45) is 5.18 Å². The molecule has 0 saturated heterocycles. The first-order chi connectivity index (χ1) is 7.54. The van der Waals surface area contributed by atoms with Crippen LogP contribution in [-0.2, 0) is 9.57 Å². The van der Waals surface area contributed by atoms with Crippen LogP contribution in [0.1, 0.15) is 33.6 Å². The molecule has 1 heterocycles. The van der Waals surface area contributed by atoms with Gasteiger partial charge in [-0.05, 0) is 38.8 Å². The Morgan fingerprint density at radius 1 is 1.62 bits per heavy atom. The summed E-state index contributed by atoms with van der Waals surface area (Å²) in [6.07, 6.45) is 3.25. The van der Waals surface area contributed by atoms with Crippen LogP contribution in [0.25, 0.3) is 0 Å². The van der Waals surface area contributed by atoms with Crippen molar-refractivity contribution < 1.29 is 9.57 Å². The second-order valence-corrected chi connectivity index (χ2v) is 4.24. The average molecular weight is 226 g/mol. The third kappa shape index (κ3) is 2.82. The first-order valence-corrected chi connectivity index (χ1v) is 5.25. The number of nitrogens with zero attached hydrogens (tertiary/aromatic N) is 1. The van der Waals surface area contributed by atoms with Crippen molar-refractivity contribution >= 4 is 0 Å². The Morgan fingerprint density at radius 2 is 2.31 bits per heavy atom. The molecule has 0 saturated carbocycles. The second kappa shape index (κ2) is 5.12. The molecule has 0 amide bonds. The van der Waals surface area contributed by atoms with E-state index in [2.05, 4.69) is 10.7 Å². The first-order valence-electron chi connectivity index (χ1n) is 5.25. The lowest BCUT2D eigenvalue weighted by Crippen LogP contribution is -2.32. The molecule has 0 aromatic carbocycles. The van der Waals surface area contributed by atoms with Gasteiger partial charge in [-0.3, -0.25) is 10.3 Å². The van der Waals surface area contributed by atoms with E-state index < -0.39 is 0 Å². The van der Waals surface area contributed by atoms with Gasteiger partial charge in [0, 0.05) is 0 Å². The van der Waals surface area contributed by atoms with Crippen molar-refractivity contribution in [1.82, 2.24) is 5.48 Å². The quantitative estimate of drug-likeness (QED) is 0.591. The fraction of sp³-hybridized carbons (Fsp3) is 0.636. The molecular weight excluding hydrogens is 208 g/mol. The lowest BCUT2D eigenvalue weighted by atomic mass is 9.97. The molecule has 5 heteroatoms. The number of allylic oxidation sites excluding steroid dienone is 2. The zero-order valence-electron chi connectivity index (χ0n) is 10.2. The molecule has 5 nitrogen and oxygen atoms in total. The number of nitrogens with one attached hydrogen (secondary N) is 1. The van der Waals surface area contributed by atoms with Crippen LogP contribution in [0, 0.1) is 4.91 Å². The van der Waals surface area contributed by atoms with Gasteiger partial charge in [-0.25, -0.2) is 0 Å². The fourth-order valence-corrected chi connectivity index (χ4v) is 1.58. The van der Waals surface area contributed by atoms with E-state index in [1.165, 1.54) is 7.11 Å². The summed E-state index contributed by atoms with van der Waals surface area (Å²) in [5.74, 6) is 0.482. The Balaban J connectivity index is 3.06. The fourth-order valence-electron chi connectivity index (χ4n) is 1.58. The van der Waals surface area contributed by atoms with Crippen LogP contribution in [0.2, 0.25) is 0 Å². The van der Waals surface area contributed by atoms with Crippen LogP contribution < -0.4 is 5.48 Å². The van der Waals surface area contributed by atoms with Gasteiger partial charge in [0.15, 0.2) is 5.76 Å². The monoisotopic (exact) mass is 226 g/mol. The van der Waals surface area contributed by atoms with E-state index in [0.717, 1.165) is 18.5 Å². The van der Waals surface area contributed by atoms with E-state index in [0.29, 0.717) is 11.5 Å². The number of nitroso groups, excluding NO2 is 1. The summed E-state index contributed by atoms with van der Waals surface area (Å²) < 4.78 is 5.76. The van der Waals surface area contributed by atoms with Gasteiger partial charge in [-0.15, -0.1) is 4.91 Å². The Bertz CT molecular complexity index is 332. The first kappa shape index (κ1) is 12.7. The third-order valence-corrected chi connectivity index (χ3v) is 2.46. The van der Waals surface area contributed by atoms with Crippen molar-refractivity contribution in [3.8, 4) is 0 Å². The lowest BCUT2D eigenvalue weighted by molar-refractivity contribution is 0.00305. The van der Waals surface area contributed by atoms with Crippen LogP contribution in [0.3, 0.4) is 0 Å². The van der Waals surface area contributed by atoms with Gasteiger partial charge < -0.3 is 4.74 Å². The molecule has 0 aliphatic carbocycles. The van der Waals surface area contributed by atoms with Crippen molar-refractivity contribution in [2.75, 3.05) is 7.11 Å². The number of hydroxylamine groups is 1. The van der Waals surface area contributed by atoms with Crippen molar-refractivity contribution in [2.45, 2.75) is 39.2 Å². The van der Waals surface area contributed by atoms with Crippen molar-refractivity contribution in [1.29, 1.82) is 0 Å². The molecule has 0 unspecified atom stereocenters. The van der Waals surface area contributed by atoms with E-state index in [1.54, 1.807) is 13.0 Å². The van der Waals surface area contributed by atoms with E-state index >= 15 is 0 Å². The highest BCUT2D eigenvalue weighted by Crippen LogP contribution is 2.33. The molecule has 0 atom stereocenters. The SMILES string of the molecule is C/C=C(/N=O)C1=C(NOC)CCC(C)(C)O1. The Hall–Kier alpha value is -1.36. The van der Waals surface area contributed by atoms with Gasteiger partial charge in [0.2, 0.25) is 0 Å². The van der Waals surface area contributed by atoms with E-state index in [9.17, 15) is 4.91 Å². The molecule has 1 N–H and O–H groups in total. The summed E-state index contributed by atoms with van der Waals surface area (Å²) in [6.45, 7) is 5.71. The molecule has 0 fully saturated rings. The predicted octanol–water partition coefficient (Wildman–Crippen LogP) is 2.61. The van der Waals surface area contributed by atoms with Gasteiger partial charge in [-0.2, -0.15) is 0 Å². The number of hydrogen-bond acceptors (Lipinski definition) is 5. The van der Waals surface area contributed by atoms with Crippen molar-refractivity contribution in [3.63, 3.8) is 0 Å². The van der Waals surface area contributed by atoms with Crippen LogP contribution in [0.4, 0.5) is 0 Å². The molecule has 0 aromatic rings. The van der Waals surface area contributed by atoms with Crippen LogP contribution in [-0.4, -0.2) is 12.7 Å². The van der Waals surface area contributed by atoms with Crippen LogP contribution in [0.5, 0.6) is 0 Å². The molecule has 90 valence electrons. The number of hydrogen-bond donors (Lipinski definition) is 1. The zero-order valence-corrected chi connectivity index (χ0v) is 10.2. The maximum absolute atomic E-state index is 10.7. The van der Waals surface area contributed by atoms with E-state index in [-0.39, 0.29) is 5.60 Å². The van der Waals surface area contributed by atoms with Crippen molar-refractivity contribution in [3.05, 3.63) is 28.1 Å². The average Bonchev–Trinajstić information content (AvgIpc) is 2.23. The summed E-state index contributed by atoms with van der Waals surface area (Å²) >= 11 is 0. The topological polar surface area (TPSA) is 59.9 Å². The normalized spacial score (nSPS) is 20.4. The summed E-state index contributed by atoms with van der Waals surface area (Å²) in [7, 11) is 1.52. The highest BCUT2D eigenvalue weighted by atomic mass is 16.6. The minimum absolute atomic E-state index is 0.285. The van der Waals surface area contributed by atoms with Crippen LogP contribution >= 0.6 is 0 Å². The smallest absolute Gasteiger partial charge is 0.170 e. The van der Waals surface area contributed by atoms with Crippen LogP contribution in [0.15, 0.2) is 28.4 Å². The predicted molar refractivity (Wildman–Crippen MR) is 61.1 cm³/mol. The third-order valence-electron chi connectivity index (χ3n) is 2.46. The molecule has 0 aromatic heterocycles. The maximum atomic E-state index is 10.7. The summed E-state index contributed by atoms with van der Waals surface area (Å²) in [5.41, 5.74) is 3.51. The van der Waals surface area contributed by atoms with E-state index in [1.807, 2.05) is 13.8 Å². The Kier molecular flexibility index (Phi) is 4.06. The second-order valence-electron chi connectivity index (χ2n) is 4.24. The Morgan fingerprint density at radius 3 is 2.81 bits per heavy atom. The lowest BCUT2D eigenvalue weighted by Gasteiger charge is -2.33. The largest absolute Gasteiger partial charge is 0.484 e. The van der Waals surface area contributed by atoms with Gasteiger partial charge in [0.1, 0.15) is 11.3 Å². The maximum Gasteiger partial charge on any atom is 0.170 e. The molecule has 1 rings (SSSR count). The minimum Gasteiger partial charge on any atom is -0.484 e. The zero-order chi connectivity index (χ0) is 12.2. The number of rotatable bonds is 4. The standard InChI is InChI=1S/C11H18N2O3/c1-5-8(12-14)10-9(13-15-4)6-7-11(2,3)16-10/h5,13H,6-7H2,1-4H3/b8-5+. The molecule has 0 radical (unpaired) electrons. The summed E-state index contributed by atoms with van der Waals surface area (Å²) in [5, 5.41) is 2.96. The molecule has 1 aliphatic rings. The highest BCUT2D eigenvalue weighted by molar-refractivity contribution is 5.30. The summed E-state index contributed by atoms with van der Waals surface area (Å²) in [4.78, 5) is 15.6. The van der Waals surface area contributed by atoms with E-state index in [4.69, 9.17) is 9.57 Å². The number of ether oxygens (including phenoxy) is 1. The Labute approximate surface area is 95.4 Å². The van der Waals surface area contributed by atoms with Gasteiger partial charge in [-0.1, -0.05) is 6.08 Å². The van der Waals surface area contributed by atoms with Gasteiger partial charge in [0.05, 0.1) is 12.8 Å². The highest BCUT2D eigenvalue weighted by Gasteiger charge is 2.30. The molecule has 16 heavy (non-hydrogen) atoms. The summed E-state index contributed by atoms with van der Waals surface area (Å²) in [6, 6.07) is 0. The molecular formula is C11H18N2O3. The molecule has 0 spiro atoms.